The van der Waals surface area contributed by atoms with Crippen molar-refractivity contribution in [2.45, 2.75) is 6.04 Å². The first-order valence-corrected chi connectivity index (χ1v) is 5.86. The van der Waals surface area contributed by atoms with E-state index in [1.54, 1.807) is 4.90 Å². The predicted molar refractivity (Wildman–Crippen MR) is 68.1 cm³/mol. The summed E-state index contributed by atoms with van der Waals surface area (Å²) in [6.45, 7) is 1.50. The molecule has 1 aromatic carbocycles. The van der Waals surface area contributed by atoms with Crippen LogP contribution in [0.15, 0.2) is 18.2 Å². The molecule has 0 saturated carbocycles. The monoisotopic (exact) mass is 266 g/mol. The number of primary amides is 2. The Balaban J connectivity index is 2.44. The number of carbonyl (C=O) groups is 2. The number of anilines is 1. The lowest BCUT2D eigenvalue weighted by atomic mass is 10.1. The van der Waals surface area contributed by atoms with Crippen LogP contribution in [0.2, 0.25) is 0 Å². The summed E-state index contributed by atoms with van der Waals surface area (Å²) in [7, 11) is 0. The molecule has 0 aromatic heterocycles. The number of amides is 2. The lowest BCUT2D eigenvalue weighted by molar-refractivity contribution is -0.119. The summed E-state index contributed by atoms with van der Waals surface area (Å²) in [5.74, 6) is -1.80. The van der Waals surface area contributed by atoms with Gasteiger partial charge in [0.1, 0.15) is 11.9 Å². The molecule has 19 heavy (non-hydrogen) atoms. The molecule has 0 spiro atoms. The number of rotatable bonds is 3. The van der Waals surface area contributed by atoms with Crippen LogP contribution in [0.1, 0.15) is 10.4 Å². The van der Waals surface area contributed by atoms with Gasteiger partial charge in [0.05, 0.1) is 11.3 Å². The standard InChI is InChI=1S/C12H15FN4O2/c13-7-1-2-9(8(5-7)11(14)18)17-4-3-16-6-10(17)12(15)19/h1-2,5,10,16H,3-4,6H2,(H2,14,18)(H2,15,19). The molecule has 1 aliphatic heterocycles. The molecule has 1 atom stereocenters. The van der Waals surface area contributed by atoms with E-state index in [1.165, 1.54) is 12.1 Å². The summed E-state index contributed by atoms with van der Waals surface area (Å²) in [5.41, 5.74) is 11.1. The second kappa shape index (κ2) is 5.23. The Bertz CT molecular complexity index is 520. The number of benzene rings is 1. The SMILES string of the molecule is NC(=O)c1cc(F)ccc1N1CCNCC1C(N)=O. The van der Waals surface area contributed by atoms with E-state index in [-0.39, 0.29) is 5.56 Å². The fraction of sp³-hybridized carbons (Fsp3) is 0.333. The van der Waals surface area contributed by atoms with E-state index in [0.717, 1.165) is 6.07 Å². The maximum atomic E-state index is 13.2. The van der Waals surface area contributed by atoms with Gasteiger partial charge in [0, 0.05) is 19.6 Å². The molecule has 1 heterocycles. The maximum absolute atomic E-state index is 13.2. The van der Waals surface area contributed by atoms with Gasteiger partial charge in [-0.15, -0.1) is 0 Å². The van der Waals surface area contributed by atoms with Crippen molar-refractivity contribution >= 4 is 17.5 Å². The smallest absolute Gasteiger partial charge is 0.250 e. The van der Waals surface area contributed by atoms with Gasteiger partial charge in [0.15, 0.2) is 0 Å². The summed E-state index contributed by atoms with van der Waals surface area (Å²) >= 11 is 0. The quantitative estimate of drug-likeness (QED) is 0.665. The molecule has 1 unspecified atom stereocenters. The molecule has 1 saturated heterocycles. The Hall–Kier alpha value is -2.15. The van der Waals surface area contributed by atoms with Crippen molar-refractivity contribution in [2.24, 2.45) is 11.5 Å². The molecule has 102 valence electrons. The third kappa shape index (κ3) is 2.65. The Morgan fingerprint density at radius 3 is 2.74 bits per heavy atom. The van der Waals surface area contributed by atoms with Gasteiger partial charge < -0.3 is 21.7 Å². The number of piperazine rings is 1. The first-order valence-electron chi connectivity index (χ1n) is 5.86. The molecule has 1 aromatic rings. The van der Waals surface area contributed by atoms with Gasteiger partial charge in [-0.25, -0.2) is 4.39 Å². The van der Waals surface area contributed by atoms with E-state index in [9.17, 15) is 14.0 Å². The largest absolute Gasteiger partial charge is 0.368 e. The van der Waals surface area contributed by atoms with Crippen molar-refractivity contribution in [1.82, 2.24) is 5.32 Å². The summed E-state index contributed by atoms with van der Waals surface area (Å²) < 4.78 is 13.2. The highest BCUT2D eigenvalue weighted by Crippen LogP contribution is 2.24. The molecule has 2 amide bonds. The highest BCUT2D eigenvalue weighted by molar-refractivity contribution is 5.99. The van der Waals surface area contributed by atoms with Crippen molar-refractivity contribution in [3.05, 3.63) is 29.6 Å². The number of nitrogens with two attached hydrogens (primary N) is 2. The van der Waals surface area contributed by atoms with Crippen LogP contribution in [0.3, 0.4) is 0 Å². The van der Waals surface area contributed by atoms with Crippen LogP contribution >= 0.6 is 0 Å². The number of hydrogen-bond donors (Lipinski definition) is 3. The summed E-state index contributed by atoms with van der Waals surface area (Å²) in [6.07, 6.45) is 0. The molecule has 1 aliphatic rings. The van der Waals surface area contributed by atoms with E-state index in [4.69, 9.17) is 11.5 Å². The second-order valence-corrected chi connectivity index (χ2v) is 4.34. The zero-order chi connectivity index (χ0) is 14.0. The van der Waals surface area contributed by atoms with Gasteiger partial charge in [-0.3, -0.25) is 9.59 Å². The van der Waals surface area contributed by atoms with E-state index < -0.39 is 23.7 Å². The summed E-state index contributed by atoms with van der Waals surface area (Å²) in [4.78, 5) is 24.5. The van der Waals surface area contributed by atoms with E-state index in [2.05, 4.69) is 5.32 Å². The molecule has 0 aliphatic carbocycles. The minimum absolute atomic E-state index is 0.0492. The molecule has 0 bridgehead atoms. The van der Waals surface area contributed by atoms with E-state index in [1.807, 2.05) is 0 Å². The van der Waals surface area contributed by atoms with E-state index >= 15 is 0 Å². The normalized spacial score (nSPS) is 19.2. The van der Waals surface area contributed by atoms with Crippen molar-refractivity contribution in [3.63, 3.8) is 0 Å². The maximum Gasteiger partial charge on any atom is 0.250 e. The average Bonchev–Trinajstić information content (AvgIpc) is 2.38. The molecule has 7 heteroatoms. The van der Waals surface area contributed by atoms with Gasteiger partial charge in [-0.1, -0.05) is 0 Å². The Morgan fingerprint density at radius 1 is 1.37 bits per heavy atom. The lowest BCUT2D eigenvalue weighted by Gasteiger charge is -2.36. The zero-order valence-corrected chi connectivity index (χ0v) is 10.2. The summed E-state index contributed by atoms with van der Waals surface area (Å²) in [6, 6.07) is 3.15. The van der Waals surface area contributed by atoms with Crippen molar-refractivity contribution < 1.29 is 14.0 Å². The number of halogens is 1. The molecule has 5 N–H and O–H groups in total. The van der Waals surface area contributed by atoms with Gasteiger partial charge in [-0.05, 0) is 18.2 Å². The average molecular weight is 266 g/mol. The van der Waals surface area contributed by atoms with Crippen molar-refractivity contribution in [1.29, 1.82) is 0 Å². The van der Waals surface area contributed by atoms with Crippen LogP contribution in [0.25, 0.3) is 0 Å². The minimum Gasteiger partial charge on any atom is -0.368 e. The first kappa shape index (κ1) is 13.3. The third-order valence-electron chi connectivity index (χ3n) is 3.11. The van der Waals surface area contributed by atoms with Gasteiger partial charge in [-0.2, -0.15) is 0 Å². The van der Waals surface area contributed by atoms with Crippen molar-refractivity contribution in [2.75, 3.05) is 24.5 Å². The highest BCUT2D eigenvalue weighted by Gasteiger charge is 2.29. The number of nitrogens with zero attached hydrogens (tertiary/aromatic N) is 1. The number of carbonyl (C=O) groups excluding carboxylic acids is 2. The van der Waals surface area contributed by atoms with E-state index in [0.29, 0.717) is 25.3 Å². The predicted octanol–water partition coefficient (Wildman–Crippen LogP) is -0.812. The second-order valence-electron chi connectivity index (χ2n) is 4.34. The fourth-order valence-electron chi connectivity index (χ4n) is 2.20. The third-order valence-corrected chi connectivity index (χ3v) is 3.11. The van der Waals surface area contributed by atoms with Crippen LogP contribution in [0.4, 0.5) is 10.1 Å². The molecular formula is C12H15FN4O2. The molecular weight excluding hydrogens is 251 g/mol. The Labute approximate surface area is 109 Å². The van der Waals surface area contributed by atoms with Crippen LogP contribution in [0.5, 0.6) is 0 Å². The first-order chi connectivity index (χ1) is 9.00. The van der Waals surface area contributed by atoms with Crippen LogP contribution in [-0.4, -0.2) is 37.5 Å². The van der Waals surface area contributed by atoms with Crippen LogP contribution in [0, 0.1) is 5.82 Å². The van der Waals surface area contributed by atoms with Crippen molar-refractivity contribution in [3.8, 4) is 0 Å². The minimum atomic E-state index is -0.740. The lowest BCUT2D eigenvalue weighted by Crippen LogP contribution is -2.57. The van der Waals surface area contributed by atoms with Gasteiger partial charge in [0.25, 0.3) is 5.91 Å². The number of hydrogen-bond acceptors (Lipinski definition) is 4. The summed E-state index contributed by atoms with van der Waals surface area (Å²) in [5, 5.41) is 3.04. The topological polar surface area (TPSA) is 101 Å². The van der Waals surface area contributed by atoms with Gasteiger partial charge >= 0.3 is 0 Å². The number of nitrogens with one attached hydrogen (secondary N) is 1. The van der Waals surface area contributed by atoms with Gasteiger partial charge in [0.2, 0.25) is 5.91 Å². The Kier molecular flexibility index (Phi) is 3.66. The fourth-order valence-corrected chi connectivity index (χ4v) is 2.20. The molecule has 0 radical (unpaired) electrons. The molecule has 1 fully saturated rings. The highest BCUT2D eigenvalue weighted by atomic mass is 19.1. The van der Waals surface area contributed by atoms with Crippen LogP contribution in [-0.2, 0) is 4.79 Å². The zero-order valence-electron chi connectivity index (χ0n) is 10.2. The molecule has 6 nitrogen and oxygen atoms in total. The Morgan fingerprint density at radius 2 is 2.11 bits per heavy atom. The van der Waals surface area contributed by atoms with Crippen LogP contribution < -0.4 is 21.7 Å². The molecule has 2 rings (SSSR count).